The Bertz CT molecular complexity index is 646. The second-order valence-corrected chi connectivity index (χ2v) is 8.23. The van der Waals surface area contributed by atoms with Crippen LogP contribution in [-0.4, -0.2) is 47.9 Å². The zero-order valence-corrected chi connectivity index (χ0v) is 14.0. The molecule has 0 N–H and O–H groups in total. The van der Waals surface area contributed by atoms with Crippen molar-refractivity contribution in [3.05, 3.63) is 35.6 Å². The van der Waals surface area contributed by atoms with E-state index in [-0.39, 0.29) is 11.7 Å². The first-order valence-electron chi connectivity index (χ1n) is 9.49. The van der Waals surface area contributed by atoms with Crippen molar-refractivity contribution in [1.82, 2.24) is 9.80 Å². The Balaban J connectivity index is 1.23. The lowest BCUT2D eigenvalue weighted by Gasteiger charge is -2.33. The van der Waals surface area contributed by atoms with Crippen LogP contribution >= 0.6 is 0 Å². The molecule has 0 spiro atoms. The van der Waals surface area contributed by atoms with Crippen molar-refractivity contribution in [2.75, 3.05) is 26.2 Å². The highest BCUT2D eigenvalue weighted by atomic mass is 19.1. The van der Waals surface area contributed by atoms with Crippen molar-refractivity contribution in [2.24, 2.45) is 17.8 Å². The molecule has 24 heavy (non-hydrogen) atoms. The number of fused-ring (bicyclic) bond motifs is 3. The number of carbonyl (C=O) groups excluding carboxylic acids is 1. The topological polar surface area (TPSA) is 23.6 Å². The van der Waals surface area contributed by atoms with Crippen LogP contribution in [0, 0.1) is 23.6 Å². The first kappa shape index (κ1) is 14.9. The molecule has 1 aromatic carbocycles. The van der Waals surface area contributed by atoms with Crippen LogP contribution in [0.5, 0.6) is 0 Å². The Morgan fingerprint density at radius 1 is 1.08 bits per heavy atom. The van der Waals surface area contributed by atoms with E-state index in [1.807, 2.05) is 12.1 Å². The van der Waals surface area contributed by atoms with Gasteiger partial charge < -0.3 is 4.90 Å². The molecule has 3 aliphatic heterocycles. The lowest BCUT2D eigenvalue weighted by Crippen LogP contribution is -2.41. The number of benzene rings is 1. The van der Waals surface area contributed by atoms with E-state index < -0.39 is 0 Å². The smallest absolute Gasteiger partial charge is 0.226 e. The van der Waals surface area contributed by atoms with Gasteiger partial charge in [-0.25, -0.2) is 4.39 Å². The van der Waals surface area contributed by atoms with Gasteiger partial charge in [0.15, 0.2) is 0 Å². The van der Waals surface area contributed by atoms with Crippen molar-refractivity contribution in [3.63, 3.8) is 0 Å². The molecular weight excluding hydrogens is 303 g/mol. The highest BCUT2D eigenvalue weighted by molar-refractivity contribution is 5.83. The predicted molar refractivity (Wildman–Crippen MR) is 90.0 cm³/mol. The van der Waals surface area contributed by atoms with Crippen molar-refractivity contribution in [1.29, 1.82) is 0 Å². The van der Waals surface area contributed by atoms with Gasteiger partial charge in [0, 0.05) is 31.6 Å². The molecule has 3 heterocycles. The highest BCUT2D eigenvalue weighted by Crippen LogP contribution is 2.50. The van der Waals surface area contributed by atoms with Crippen molar-refractivity contribution >= 4 is 5.91 Å². The van der Waals surface area contributed by atoms with Crippen LogP contribution in [0.15, 0.2) is 24.3 Å². The zero-order chi connectivity index (χ0) is 16.3. The summed E-state index contributed by atoms with van der Waals surface area (Å²) in [5.74, 6) is 1.99. The monoisotopic (exact) mass is 328 g/mol. The molecule has 4 fully saturated rings. The van der Waals surface area contributed by atoms with Gasteiger partial charge in [-0.2, -0.15) is 0 Å². The van der Waals surface area contributed by atoms with E-state index in [1.54, 1.807) is 0 Å². The van der Waals surface area contributed by atoms with Crippen LogP contribution in [0.4, 0.5) is 4.39 Å². The largest absolute Gasteiger partial charge is 0.342 e. The summed E-state index contributed by atoms with van der Waals surface area (Å²) in [6, 6.07) is 7.42. The van der Waals surface area contributed by atoms with Crippen LogP contribution < -0.4 is 0 Å². The molecular formula is C20H25FN2O. The van der Waals surface area contributed by atoms with Crippen LogP contribution in [0.3, 0.4) is 0 Å². The third kappa shape index (κ3) is 2.38. The SMILES string of the molecule is O=C(C1CC1c1ccc(F)cc1)N1CC2CN3CCCCC3C2C1. The van der Waals surface area contributed by atoms with Crippen LogP contribution in [0.1, 0.15) is 37.2 Å². The maximum absolute atomic E-state index is 13.1. The van der Waals surface area contributed by atoms with Crippen molar-refractivity contribution in [2.45, 2.75) is 37.6 Å². The number of likely N-dealkylation sites (tertiary alicyclic amines) is 1. The Morgan fingerprint density at radius 3 is 2.75 bits per heavy atom. The molecule has 4 aliphatic rings. The first-order chi connectivity index (χ1) is 11.7. The molecule has 3 nitrogen and oxygen atoms in total. The lowest BCUT2D eigenvalue weighted by atomic mass is 9.90. The van der Waals surface area contributed by atoms with Gasteiger partial charge in [-0.15, -0.1) is 0 Å². The number of piperidine rings is 1. The minimum atomic E-state index is -0.202. The van der Waals surface area contributed by atoms with E-state index in [9.17, 15) is 9.18 Å². The van der Waals surface area contributed by atoms with E-state index in [0.717, 1.165) is 31.1 Å². The second kappa shape index (κ2) is 5.55. The molecule has 5 rings (SSSR count). The molecule has 1 aromatic rings. The molecule has 1 aliphatic carbocycles. The maximum atomic E-state index is 13.1. The molecule has 0 radical (unpaired) electrons. The molecule has 1 saturated carbocycles. The summed E-state index contributed by atoms with van der Waals surface area (Å²) < 4.78 is 13.1. The van der Waals surface area contributed by atoms with E-state index in [0.29, 0.717) is 23.7 Å². The van der Waals surface area contributed by atoms with Gasteiger partial charge in [0.2, 0.25) is 5.91 Å². The molecule has 128 valence electrons. The second-order valence-electron chi connectivity index (χ2n) is 8.23. The summed E-state index contributed by atoms with van der Waals surface area (Å²) in [5, 5.41) is 0. The minimum Gasteiger partial charge on any atom is -0.342 e. The quantitative estimate of drug-likeness (QED) is 0.833. The van der Waals surface area contributed by atoms with Gasteiger partial charge in [-0.1, -0.05) is 18.6 Å². The first-order valence-corrected chi connectivity index (χ1v) is 9.49. The minimum absolute atomic E-state index is 0.136. The van der Waals surface area contributed by atoms with E-state index in [4.69, 9.17) is 0 Å². The van der Waals surface area contributed by atoms with Crippen molar-refractivity contribution in [3.8, 4) is 0 Å². The van der Waals surface area contributed by atoms with Gasteiger partial charge in [0.05, 0.1) is 0 Å². The lowest BCUT2D eigenvalue weighted by molar-refractivity contribution is -0.132. The Hall–Kier alpha value is -1.42. The molecule has 1 amide bonds. The summed E-state index contributed by atoms with van der Waals surface area (Å²) >= 11 is 0. The standard InChI is InChI=1S/C20H25FN2O/c21-15-6-4-13(5-7-15)16-9-17(16)20(24)23-11-14-10-22-8-2-1-3-19(22)18(14)12-23/h4-7,14,16-19H,1-3,8-12H2. The molecule has 4 heteroatoms. The van der Waals surface area contributed by atoms with Gasteiger partial charge in [-0.3, -0.25) is 9.69 Å². The zero-order valence-electron chi connectivity index (χ0n) is 14.0. The molecule has 0 bridgehead atoms. The number of nitrogens with zero attached hydrogens (tertiary/aromatic N) is 2. The van der Waals surface area contributed by atoms with Gasteiger partial charge >= 0.3 is 0 Å². The fraction of sp³-hybridized carbons (Fsp3) is 0.650. The highest BCUT2D eigenvalue weighted by Gasteiger charge is 2.52. The number of halogens is 1. The number of hydrogen-bond donors (Lipinski definition) is 0. The summed E-state index contributed by atoms with van der Waals surface area (Å²) in [6.45, 7) is 4.40. The molecule has 0 aromatic heterocycles. The summed E-state index contributed by atoms with van der Waals surface area (Å²) in [6.07, 6.45) is 4.96. The average molecular weight is 328 g/mol. The Labute approximate surface area is 142 Å². The van der Waals surface area contributed by atoms with Crippen LogP contribution in [-0.2, 0) is 4.79 Å². The fourth-order valence-electron chi connectivity index (χ4n) is 5.52. The third-order valence-corrected chi connectivity index (χ3v) is 6.84. The normalized spacial score (nSPS) is 38.0. The number of rotatable bonds is 2. The van der Waals surface area contributed by atoms with Gasteiger partial charge in [0.25, 0.3) is 0 Å². The predicted octanol–water partition coefficient (Wildman–Crippen LogP) is 2.87. The number of carbonyl (C=O) groups is 1. The Kier molecular flexibility index (Phi) is 3.44. The number of amides is 1. The van der Waals surface area contributed by atoms with Crippen molar-refractivity contribution < 1.29 is 9.18 Å². The Morgan fingerprint density at radius 2 is 1.92 bits per heavy atom. The van der Waals surface area contributed by atoms with Gasteiger partial charge in [0.1, 0.15) is 5.82 Å². The van der Waals surface area contributed by atoms with E-state index in [1.165, 1.54) is 44.5 Å². The van der Waals surface area contributed by atoms with E-state index >= 15 is 0 Å². The summed E-state index contributed by atoms with van der Waals surface area (Å²) in [7, 11) is 0. The number of hydrogen-bond acceptors (Lipinski definition) is 2. The molecule has 3 saturated heterocycles. The fourth-order valence-corrected chi connectivity index (χ4v) is 5.52. The maximum Gasteiger partial charge on any atom is 0.226 e. The van der Waals surface area contributed by atoms with E-state index in [2.05, 4.69) is 9.80 Å². The van der Waals surface area contributed by atoms with Gasteiger partial charge in [-0.05, 0) is 61.3 Å². The summed E-state index contributed by atoms with van der Waals surface area (Å²) in [4.78, 5) is 17.7. The molecule has 5 atom stereocenters. The average Bonchev–Trinajstić information content (AvgIpc) is 3.16. The third-order valence-electron chi connectivity index (χ3n) is 6.84. The van der Waals surface area contributed by atoms with Crippen LogP contribution in [0.2, 0.25) is 0 Å². The van der Waals surface area contributed by atoms with Crippen LogP contribution in [0.25, 0.3) is 0 Å². The molecule has 5 unspecified atom stereocenters. The summed E-state index contributed by atoms with van der Waals surface area (Å²) in [5.41, 5.74) is 1.12.